The third-order valence-corrected chi connectivity index (χ3v) is 12.6. The first-order valence-corrected chi connectivity index (χ1v) is 20.8. The lowest BCUT2D eigenvalue weighted by molar-refractivity contribution is 0.397. The van der Waals surface area contributed by atoms with Gasteiger partial charge in [-0.15, -0.1) is 0 Å². The third-order valence-electron chi connectivity index (χ3n) is 11.6. The van der Waals surface area contributed by atoms with Crippen LogP contribution < -0.4 is 0 Å². The van der Waals surface area contributed by atoms with E-state index in [0.717, 1.165) is 0 Å². The van der Waals surface area contributed by atoms with Crippen molar-refractivity contribution in [1.29, 1.82) is 0 Å². The Labute approximate surface area is 299 Å². The summed E-state index contributed by atoms with van der Waals surface area (Å²) in [6, 6.07) is 20.0. The van der Waals surface area contributed by atoms with Crippen molar-refractivity contribution in [3.8, 4) is 22.3 Å². The van der Waals surface area contributed by atoms with Crippen molar-refractivity contribution < 1.29 is 0 Å². The predicted molar refractivity (Wildman–Crippen MR) is 209 cm³/mol. The molecule has 0 saturated carbocycles. The molecule has 0 unspecified atom stereocenters. The van der Waals surface area contributed by atoms with Gasteiger partial charge in [0.15, 0.2) is 0 Å². The number of hydrogen-bond donors (Lipinski definition) is 0. The Hall–Kier alpha value is -1.38. The number of halogens is 2. The molecular weight excluding hydrogens is 688 g/mol. The van der Waals surface area contributed by atoms with Gasteiger partial charge in [-0.2, -0.15) is 0 Å². The molecule has 0 aromatic heterocycles. The molecule has 3 aromatic carbocycles. The van der Waals surface area contributed by atoms with Crippen molar-refractivity contribution in [2.45, 2.75) is 167 Å². The standard InChI is InChI=1S/C44H60Br2/c1-5-9-13-17-25-43(26-18-14-10-6-2)39-29-33(45)21-23-35(39)37-32-42-38(31-41(37)43)36-24-22-34(46)30-40(36)44(42,27-19-15-11-7-3)28-20-16-12-8-4/h21-24,29-32H,5-20,25-28H2,1-4H3. The lowest BCUT2D eigenvalue weighted by Crippen LogP contribution is -2.27. The Kier molecular flexibility index (Phi) is 13.1. The second-order valence-corrected chi connectivity index (χ2v) is 16.6. The van der Waals surface area contributed by atoms with Gasteiger partial charge in [-0.25, -0.2) is 0 Å². The lowest BCUT2D eigenvalue weighted by atomic mass is 9.68. The Morgan fingerprint density at radius 1 is 0.370 bits per heavy atom. The number of fused-ring (bicyclic) bond motifs is 6. The molecule has 0 amide bonds. The fraction of sp³-hybridized carbons (Fsp3) is 0.591. The zero-order chi connectivity index (χ0) is 32.6. The monoisotopic (exact) mass is 746 g/mol. The van der Waals surface area contributed by atoms with Gasteiger partial charge in [-0.05, 0) is 107 Å². The zero-order valence-corrected chi connectivity index (χ0v) is 32.7. The minimum absolute atomic E-state index is 0.105. The Morgan fingerprint density at radius 3 is 0.978 bits per heavy atom. The summed E-state index contributed by atoms with van der Waals surface area (Å²) >= 11 is 7.85. The summed E-state index contributed by atoms with van der Waals surface area (Å²) in [4.78, 5) is 0. The maximum absolute atomic E-state index is 3.93. The summed E-state index contributed by atoms with van der Waals surface area (Å²) in [7, 11) is 0. The van der Waals surface area contributed by atoms with E-state index in [9.17, 15) is 0 Å². The van der Waals surface area contributed by atoms with Crippen LogP contribution in [0.4, 0.5) is 0 Å². The van der Waals surface area contributed by atoms with E-state index >= 15 is 0 Å². The molecule has 2 aliphatic carbocycles. The molecule has 46 heavy (non-hydrogen) atoms. The second-order valence-electron chi connectivity index (χ2n) is 14.7. The van der Waals surface area contributed by atoms with Gasteiger partial charge >= 0.3 is 0 Å². The van der Waals surface area contributed by atoms with E-state index in [4.69, 9.17) is 0 Å². The Bertz CT molecular complexity index is 1300. The van der Waals surface area contributed by atoms with Crippen LogP contribution >= 0.6 is 31.9 Å². The molecule has 250 valence electrons. The molecule has 0 fully saturated rings. The molecular formula is C44H60Br2. The molecule has 5 rings (SSSR count). The highest BCUT2D eigenvalue weighted by molar-refractivity contribution is 9.10. The first-order chi connectivity index (χ1) is 22.5. The maximum Gasteiger partial charge on any atom is 0.0215 e. The summed E-state index contributed by atoms with van der Waals surface area (Å²) in [5.74, 6) is 0. The molecule has 0 atom stereocenters. The highest BCUT2D eigenvalue weighted by Gasteiger charge is 2.47. The largest absolute Gasteiger partial charge is 0.0654 e. The first kappa shape index (κ1) is 35.9. The molecule has 2 heteroatoms. The Morgan fingerprint density at radius 2 is 0.674 bits per heavy atom. The van der Waals surface area contributed by atoms with Gasteiger partial charge in [0.25, 0.3) is 0 Å². The highest BCUT2D eigenvalue weighted by atomic mass is 79.9. The minimum Gasteiger partial charge on any atom is -0.0654 e. The molecule has 2 aliphatic rings. The smallest absolute Gasteiger partial charge is 0.0215 e. The normalized spacial score (nSPS) is 15.1. The summed E-state index contributed by atoms with van der Waals surface area (Å²) in [5, 5.41) is 0. The van der Waals surface area contributed by atoms with E-state index in [1.54, 1.807) is 33.4 Å². The van der Waals surface area contributed by atoms with Crippen molar-refractivity contribution >= 4 is 31.9 Å². The van der Waals surface area contributed by atoms with E-state index in [-0.39, 0.29) is 10.8 Å². The lowest BCUT2D eigenvalue weighted by Gasteiger charge is -2.35. The van der Waals surface area contributed by atoms with Crippen molar-refractivity contribution in [3.05, 3.63) is 79.7 Å². The predicted octanol–water partition coefficient (Wildman–Crippen LogP) is 15.6. The van der Waals surface area contributed by atoms with Gasteiger partial charge in [-0.1, -0.05) is 174 Å². The van der Waals surface area contributed by atoms with E-state index in [2.05, 4.69) is 108 Å². The molecule has 0 bridgehead atoms. The van der Waals surface area contributed by atoms with Crippen LogP contribution in [0.15, 0.2) is 57.5 Å². The van der Waals surface area contributed by atoms with Crippen molar-refractivity contribution in [1.82, 2.24) is 0 Å². The van der Waals surface area contributed by atoms with Crippen LogP contribution in [-0.2, 0) is 10.8 Å². The SMILES string of the molecule is CCCCCCC1(CCCCCC)c2cc(Br)ccc2-c2cc3c(cc21)-c1ccc(Br)cc1C3(CCCCCC)CCCCCC. The van der Waals surface area contributed by atoms with Gasteiger partial charge in [0.2, 0.25) is 0 Å². The fourth-order valence-corrected chi connectivity index (χ4v) is 9.89. The van der Waals surface area contributed by atoms with Gasteiger partial charge in [-0.3, -0.25) is 0 Å². The average molecular weight is 749 g/mol. The van der Waals surface area contributed by atoms with Gasteiger partial charge in [0, 0.05) is 19.8 Å². The highest BCUT2D eigenvalue weighted by Crippen LogP contribution is 2.61. The maximum atomic E-state index is 3.93. The van der Waals surface area contributed by atoms with Crippen LogP contribution in [0.25, 0.3) is 22.3 Å². The molecule has 0 aliphatic heterocycles. The van der Waals surface area contributed by atoms with Crippen LogP contribution in [0.1, 0.15) is 178 Å². The number of rotatable bonds is 20. The van der Waals surface area contributed by atoms with Crippen molar-refractivity contribution in [2.75, 3.05) is 0 Å². The third kappa shape index (κ3) is 7.29. The molecule has 0 saturated heterocycles. The molecule has 0 spiro atoms. The van der Waals surface area contributed by atoms with Crippen LogP contribution in [0.3, 0.4) is 0 Å². The average Bonchev–Trinajstić information content (AvgIpc) is 3.46. The van der Waals surface area contributed by atoms with E-state index < -0.39 is 0 Å². The number of unbranched alkanes of at least 4 members (excludes halogenated alkanes) is 12. The quantitative estimate of drug-likeness (QED) is 0.101. The van der Waals surface area contributed by atoms with Gasteiger partial charge in [0.05, 0.1) is 0 Å². The first-order valence-electron chi connectivity index (χ1n) is 19.3. The fourth-order valence-electron chi connectivity index (χ4n) is 9.16. The van der Waals surface area contributed by atoms with Crippen LogP contribution in [-0.4, -0.2) is 0 Å². The summed E-state index contributed by atoms with van der Waals surface area (Å²) < 4.78 is 2.46. The van der Waals surface area contributed by atoms with Crippen LogP contribution in [0.2, 0.25) is 0 Å². The number of hydrogen-bond acceptors (Lipinski definition) is 0. The van der Waals surface area contributed by atoms with Crippen molar-refractivity contribution in [3.63, 3.8) is 0 Å². The van der Waals surface area contributed by atoms with E-state index in [1.807, 2.05) is 0 Å². The van der Waals surface area contributed by atoms with Crippen LogP contribution in [0.5, 0.6) is 0 Å². The topological polar surface area (TPSA) is 0 Å². The Balaban J connectivity index is 1.70. The summed E-state index contributed by atoms with van der Waals surface area (Å²) in [6.45, 7) is 9.36. The van der Waals surface area contributed by atoms with Gasteiger partial charge < -0.3 is 0 Å². The second kappa shape index (κ2) is 16.8. The van der Waals surface area contributed by atoms with Crippen LogP contribution in [0, 0.1) is 0 Å². The molecule has 0 N–H and O–H groups in total. The van der Waals surface area contributed by atoms with Gasteiger partial charge in [0.1, 0.15) is 0 Å². The summed E-state index contributed by atoms with van der Waals surface area (Å²) in [5.41, 5.74) is 12.8. The molecule has 3 aromatic rings. The number of benzene rings is 3. The van der Waals surface area contributed by atoms with E-state index in [0.29, 0.717) is 0 Å². The van der Waals surface area contributed by atoms with E-state index in [1.165, 1.54) is 148 Å². The molecule has 0 radical (unpaired) electrons. The van der Waals surface area contributed by atoms with Crippen molar-refractivity contribution in [2.24, 2.45) is 0 Å². The molecule has 0 nitrogen and oxygen atoms in total. The minimum atomic E-state index is 0.105. The molecule has 0 heterocycles. The summed E-state index contributed by atoms with van der Waals surface area (Å²) in [6.07, 6.45) is 26.2. The zero-order valence-electron chi connectivity index (χ0n) is 29.5.